The van der Waals surface area contributed by atoms with Gasteiger partial charge in [-0.05, 0) is 49.4 Å². The van der Waals surface area contributed by atoms with Crippen LogP contribution in [0, 0.1) is 0 Å². The van der Waals surface area contributed by atoms with Gasteiger partial charge in [0.15, 0.2) is 11.5 Å². The number of anilines is 1. The predicted molar refractivity (Wildman–Crippen MR) is 125 cm³/mol. The van der Waals surface area contributed by atoms with Gasteiger partial charge >= 0.3 is 0 Å². The van der Waals surface area contributed by atoms with Crippen molar-refractivity contribution in [3.63, 3.8) is 0 Å². The van der Waals surface area contributed by atoms with E-state index in [2.05, 4.69) is 5.32 Å². The number of nitrogens with one attached hydrogen (secondary N) is 1. The van der Waals surface area contributed by atoms with Crippen LogP contribution in [0.5, 0.6) is 23.0 Å². The van der Waals surface area contributed by atoms with E-state index in [0.29, 0.717) is 35.1 Å². The highest BCUT2D eigenvalue weighted by Crippen LogP contribution is 2.35. The van der Waals surface area contributed by atoms with Crippen LogP contribution in [0.1, 0.15) is 17.3 Å². The van der Waals surface area contributed by atoms with E-state index in [0.717, 1.165) is 27.9 Å². The Bertz CT molecular complexity index is 1350. The third kappa shape index (κ3) is 4.13. The minimum atomic E-state index is -0.241. The minimum absolute atomic E-state index is 0.183. The van der Waals surface area contributed by atoms with Crippen LogP contribution in [-0.4, -0.2) is 31.4 Å². The summed E-state index contributed by atoms with van der Waals surface area (Å²) in [6.45, 7) is 2.60. The Labute approximate surface area is 190 Å². The number of ether oxygens (including phenoxy) is 4. The highest BCUT2D eigenvalue weighted by Gasteiger charge is 2.16. The van der Waals surface area contributed by atoms with E-state index in [9.17, 15) is 4.79 Å². The van der Waals surface area contributed by atoms with E-state index >= 15 is 0 Å². The number of pyridine rings is 1. The van der Waals surface area contributed by atoms with Gasteiger partial charge in [0.05, 0.1) is 24.9 Å². The highest BCUT2D eigenvalue weighted by atomic mass is 16.7. The molecule has 33 heavy (non-hydrogen) atoms. The minimum Gasteiger partial charge on any atom is -0.497 e. The van der Waals surface area contributed by atoms with Crippen molar-refractivity contribution in [2.45, 2.75) is 6.92 Å². The fourth-order valence-electron chi connectivity index (χ4n) is 3.72. The molecule has 7 nitrogen and oxygen atoms in total. The van der Waals surface area contributed by atoms with Crippen molar-refractivity contribution < 1.29 is 23.7 Å². The average Bonchev–Trinajstić information content (AvgIpc) is 3.32. The predicted octanol–water partition coefficient (Wildman–Crippen LogP) is 5.29. The van der Waals surface area contributed by atoms with Crippen LogP contribution in [0.15, 0.2) is 66.7 Å². The molecule has 0 atom stereocenters. The second-order valence-corrected chi connectivity index (χ2v) is 7.42. The number of amides is 1. The molecule has 1 aliphatic rings. The molecule has 1 N–H and O–H groups in total. The number of aromatic nitrogens is 1. The summed E-state index contributed by atoms with van der Waals surface area (Å²) in [5, 5.41) is 3.67. The third-order valence-electron chi connectivity index (χ3n) is 5.33. The maximum Gasteiger partial charge on any atom is 0.255 e. The maximum atomic E-state index is 12.9. The molecule has 0 saturated carbocycles. The van der Waals surface area contributed by atoms with Crippen LogP contribution >= 0.6 is 0 Å². The standard InChI is InChI=1S/C26H22N2O5/c1-3-31-24-14-22(16-5-4-6-19(11-16)30-2)28-21-9-7-17(12-20(21)24)26(29)27-18-8-10-23-25(13-18)33-15-32-23/h4-14H,3,15H2,1-2H3,(H,27,29). The largest absolute Gasteiger partial charge is 0.497 e. The Kier molecular flexibility index (Phi) is 5.44. The molecule has 0 bridgehead atoms. The maximum absolute atomic E-state index is 12.9. The van der Waals surface area contributed by atoms with Crippen molar-refractivity contribution in [2.75, 3.05) is 25.8 Å². The summed E-state index contributed by atoms with van der Waals surface area (Å²) < 4.78 is 21.9. The number of hydrogen-bond acceptors (Lipinski definition) is 6. The lowest BCUT2D eigenvalue weighted by atomic mass is 10.1. The molecule has 1 aliphatic heterocycles. The summed E-state index contributed by atoms with van der Waals surface area (Å²) in [6.07, 6.45) is 0. The van der Waals surface area contributed by atoms with Crippen molar-refractivity contribution in [1.29, 1.82) is 0 Å². The smallest absolute Gasteiger partial charge is 0.255 e. The van der Waals surface area contributed by atoms with Crippen LogP contribution in [-0.2, 0) is 0 Å². The summed E-state index contributed by atoms with van der Waals surface area (Å²) in [5.74, 6) is 2.45. The number of carbonyl (C=O) groups is 1. The van der Waals surface area contributed by atoms with Gasteiger partial charge in [0.25, 0.3) is 5.91 Å². The highest BCUT2D eigenvalue weighted by molar-refractivity contribution is 6.07. The van der Waals surface area contributed by atoms with Gasteiger partial charge in [-0.3, -0.25) is 4.79 Å². The quantitative estimate of drug-likeness (QED) is 0.437. The third-order valence-corrected chi connectivity index (χ3v) is 5.33. The molecule has 5 rings (SSSR count). The monoisotopic (exact) mass is 442 g/mol. The van der Waals surface area contributed by atoms with Gasteiger partial charge < -0.3 is 24.3 Å². The SMILES string of the molecule is CCOc1cc(-c2cccc(OC)c2)nc2ccc(C(=O)Nc3ccc4c(c3)OCO4)cc12. The second-order valence-electron chi connectivity index (χ2n) is 7.42. The molecular formula is C26H22N2O5. The number of hydrogen-bond donors (Lipinski definition) is 1. The first-order valence-electron chi connectivity index (χ1n) is 10.6. The molecule has 0 fully saturated rings. The van der Waals surface area contributed by atoms with Crippen LogP contribution < -0.4 is 24.3 Å². The first-order valence-corrected chi connectivity index (χ1v) is 10.6. The van der Waals surface area contributed by atoms with Gasteiger partial charge in [0, 0.05) is 34.3 Å². The normalized spacial score (nSPS) is 11.9. The molecule has 3 aromatic carbocycles. The molecule has 1 amide bonds. The zero-order valence-electron chi connectivity index (χ0n) is 18.3. The average molecular weight is 442 g/mol. The van der Waals surface area contributed by atoms with Gasteiger partial charge in [0.1, 0.15) is 11.5 Å². The summed E-state index contributed by atoms with van der Waals surface area (Å²) in [6, 6.07) is 20.3. The molecule has 0 radical (unpaired) electrons. The summed E-state index contributed by atoms with van der Waals surface area (Å²) in [7, 11) is 1.63. The zero-order valence-corrected chi connectivity index (χ0v) is 18.3. The first kappa shape index (κ1) is 20.6. The molecule has 2 heterocycles. The number of nitrogens with zero attached hydrogens (tertiary/aromatic N) is 1. The number of fused-ring (bicyclic) bond motifs is 2. The Morgan fingerprint density at radius 1 is 1.03 bits per heavy atom. The Morgan fingerprint density at radius 2 is 1.91 bits per heavy atom. The van der Waals surface area contributed by atoms with E-state index in [-0.39, 0.29) is 12.7 Å². The van der Waals surface area contributed by atoms with Crippen LogP contribution in [0.3, 0.4) is 0 Å². The van der Waals surface area contributed by atoms with E-state index in [1.54, 1.807) is 37.4 Å². The van der Waals surface area contributed by atoms with Gasteiger partial charge in [-0.15, -0.1) is 0 Å². The van der Waals surface area contributed by atoms with E-state index < -0.39 is 0 Å². The van der Waals surface area contributed by atoms with Crippen molar-refractivity contribution >= 4 is 22.5 Å². The molecule has 0 aliphatic carbocycles. The van der Waals surface area contributed by atoms with Gasteiger partial charge in [-0.25, -0.2) is 4.98 Å². The molecule has 4 aromatic rings. The molecular weight excluding hydrogens is 420 g/mol. The fraction of sp³-hybridized carbons (Fsp3) is 0.154. The number of methoxy groups -OCH3 is 1. The molecule has 0 spiro atoms. The Morgan fingerprint density at radius 3 is 2.76 bits per heavy atom. The Balaban J connectivity index is 1.48. The van der Waals surface area contributed by atoms with E-state index in [1.165, 1.54) is 0 Å². The number of carbonyl (C=O) groups excluding carboxylic acids is 1. The molecule has 0 unspecified atom stereocenters. The van der Waals surface area contributed by atoms with Crippen LogP contribution in [0.2, 0.25) is 0 Å². The fourth-order valence-corrected chi connectivity index (χ4v) is 3.72. The van der Waals surface area contributed by atoms with Crippen molar-refractivity contribution in [3.8, 4) is 34.3 Å². The first-order chi connectivity index (χ1) is 16.1. The number of rotatable bonds is 6. The van der Waals surface area contributed by atoms with Gasteiger partial charge in [0.2, 0.25) is 6.79 Å². The molecule has 7 heteroatoms. The van der Waals surface area contributed by atoms with Crippen LogP contribution in [0.25, 0.3) is 22.2 Å². The molecule has 1 aromatic heterocycles. The molecule has 0 saturated heterocycles. The zero-order chi connectivity index (χ0) is 22.8. The molecule has 166 valence electrons. The lowest BCUT2D eigenvalue weighted by molar-refractivity contribution is 0.102. The van der Waals surface area contributed by atoms with Crippen LogP contribution in [0.4, 0.5) is 5.69 Å². The summed E-state index contributed by atoms with van der Waals surface area (Å²) >= 11 is 0. The van der Waals surface area contributed by atoms with Crippen molar-refractivity contribution in [2.24, 2.45) is 0 Å². The van der Waals surface area contributed by atoms with E-state index in [1.807, 2.05) is 43.3 Å². The summed E-state index contributed by atoms with van der Waals surface area (Å²) in [4.78, 5) is 17.7. The Hall–Kier alpha value is -4.26. The van der Waals surface area contributed by atoms with Gasteiger partial charge in [-0.2, -0.15) is 0 Å². The van der Waals surface area contributed by atoms with E-state index in [4.69, 9.17) is 23.9 Å². The summed E-state index contributed by atoms with van der Waals surface area (Å²) in [5.41, 5.74) is 3.54. The lowest BCUT2D eigenvalue weighted by Gasteiger charge is -2.12. The number of benzene rings is 3. The van der Waals surface area contributed by atoms with Crippen molar-refractivity contribution in [1.82, 2.24) is 4.98 Å². The second kappa shape index (κ2) is 8.70. The van der Waals surface area contributed by atoms with Crippen molar-refractivity contribution in [3.05, 3.63) is 72.3 Å². The topological polar surface area (TPSA) is 78.9 Å². The lowest BCUT2D eigenvalue weighted by Crippen LogP contribution is -2.12. The van der Waals surface area contributed by atoms with Gasteiger partial charge in [-0.1, -0.05) is 12.1 Å².